The highest BCUT2D eigenvalue weighted by Crippen LogP contribution is 1.92. The van der Waals surface area contributed by atoms with Gasteiger partial charge in [0.25, 0.3) is 0 Å². The van der Waals surface area contributed by atoms with Crippen LogP contribution >= 0.6 is 0 Å². The van der Waals surface area contributed by atoms with Crippen LogP contribution in [0.4, 0.5) is 4.79 Å². The van der Waals surface area contributed by atoms with Gasteiger partial charge in [0.15, 0.2) is 0 Å². The van der Waals surface area contributed by atoms with Gasteiger partial charge in [-0.25, -0.2) is 9.78 Å². The second-order valence-corrected chi connectivity index (χ2v) is 3.14. The number of rotatable bonds is 6. The zero-order chi connectivity index (χ0) is 11.8. The third kappa shape index (κ3) is 4.99. The first kappa shape index (κ1) is 12.0. The first-order chi connectivity index (χ1) is 7.68. The molecule has 0 radical (unpaired) electrons. The summed E-state index contributed by atoms with van der Waals surface area (Å²) in [7, 11) is 0. The molecule has 2 amide bonds. The molecule has 0 aliphatic rings. The van der Waals surface area contributed by atoms with Crippen molar-refractivity contribution >= 4 is 12.0 Å². The van der Waals surface area contributed by atoms with Gasteiger partial charge in [-0.1, -0.05) is 0 Å². The summed E-state index contributed by atoms with van der Waals surface area (Å²) in [5.74, 6) is -0.196. The number of imidazole rings is 1. The van der Waals surface area contributed by atoms with E-state index >= 15 is 0 Å². The number of aromatic nitrogens is 2. The number of nitrogens with zero attached hydrogens (tertiary/aromatic N) is 1. The number of aromatic amines is 1. The van der Waals surface area contributed by atoms with Gasteiger partial charge in [-0.05, 0) is 6.42 Å². The molecule has 0 saturated heterocycles. The first-order valence-electron chi connectivity index (χ1n) is 4.90. The second kappa shape index (κ2) is 6.44. The predicted molar refractivity (Wildman–Crippen MR) is 55.9 cm³/mol. The fourth-order valence-corrected chi connectivity index (χ4v) is 1.11. The lowest BCUT2D eigenvalue weighted by molar-refractivity contribution is -0.135. The summed E-state index contributed by atoms with van der Waals surface area (Å²) >= 11 is 0. The molecule has 16 heavy (non-hydrogen) atoms. The van der Waals surface area contributed by atoms with Crippen LogP contribution in [0.1, 0.15) is 12.2 Å². The standard InChI is InChI=1S/C9H14N4O3/c14-8(15)6-13-9(16)12-3-1-2-7-10-4-5-11-7/h4-5H,1-3,6H2,(H,10,11)(H,14,15)(H2,12,13,16). The van der Waals surface area contributed by atoms with Crippen LogP contribution in [-0.4, -0.2) is 40.2 Å². The van der Waals surface area contributed by atoms with E-state index in [0.717, 1.165) is 18.7 Å². The van der Waals surface area contributed by atoms with Gasteiger partial charge in [-0.15, -0.1) is 0 Å². The molecule has 7 nitrogen and oxygen atoms in total. The molecule has 1 aromatic rings. The minimum Gasteiger partial charge on any atom is -0.480 e. The Morgan fingerprint density at radius 3 is 2.88 bits per heavy atom. The number of aliphatic carboxylic acids is 1. The summed E-state index contributed by atoms with van der Waals surface area (Å²) in [6.07, 6.45) is 4.89. The van der Waals surface area contributed by atoms with Crippen LogP contribution in [0.5, 0.6) is 0 Å². The van der Waals surface area contributed by atoms with Crippen LogP contribution in [0.3, 0.4) is 0 Å². The third-order valence-corrected chi connectivity index (χ3v) is 1.83. The minimum atomic E-state index is -1.06. The van der Waals surface area contributed by atoms with Crippen molar-refractivity contribution in [3.8, 4) is 0 Å². The molecular weight excluding hydrogens is 212 g/mol. The molecule has 0 fully saturated rings. The van der Waals surface area contributed by atoms with Gasteiger partial charge in [0.05, 0.1) is 0 Å². The van der Waals surface area contributed by atoms with Crippen molar-refractivity contribution in [3.05, 3.63) is 18.2 Å². The Balaban J connectivity index is 2.02. The highest BCUT2D eigenvalue weighted by molar-refractivity contribution is 5.79. The van der Waals surface area contributed by atoms with Crippen LogP contribution in [0.25, 0.3) is 0 Å². The molecule has 0 bridgehead atoms. The molecular formula is C9H14N4O3. The lowest BCUT2D eigenvalue weighted by Gasteiger charge is -2.04. The average Bonchev–Trinajstić information content (AvgIpc) is 2.74. The van der Waals surface area contributed by atoms with Gasteiger partial charge in [-0.2, -0.15) is 0 Å². The lowest BCUT2D eigenvalue weighted by atomic mass is 10.3. The summed E-state index contributed by atoms with van der Waals surface area (Å²) in [4.78, 5) is 28.1. The third-order valence-electron chi connectivity index (χ3n) is 1.83. The Morgan fingerprint density at radius 2 is 2.25 bits per heavy atom. The number of hydrogen-bond acceptors (Lipinski definition) is 3. The molecule has 0 atom stereocenters. The molecule has 0 unspecified atom stereocenters. The molecule has 0 aliphatic heterocycles. The number of carboxylic acid groups (broad SMARTS) is 1. The van der Waals surface area contributed by atoms with Gasteiger partial charge < -0.3 is 20.7 Å². The Morgan fingerprint density at radius 1 is 1.44 bits per heavy atom. The van der Waals surface area contributed by atoms with E-state index in [9.17, 15) is 9.59 Å². The molecule has 4 N–H and O–H groups in total. The predicted octanol–water partition coefficient (Wildman–Crippen LogP) is -0.274. The van der Waals surface area contributed by atoms with Gasteiger partial charge >= 0.3 is 12.0 Å². The van der Waals surface area contributed by atoms with Gasteiger partial charge in [0, 0.05) is 25.4 Å². The molecule has 88 valence electrons. The van der Waals surface area contributed by atoms with E-state index in [4.69, 9.17) is 5.11 Å². The van der Waals surface area contributed by atoms with Crippen molar-refractivity contribution in [2.75, 3.05) is 13.1 Å². The SMILES string of the molecule is O=C(O)CNC(=O)NCCCc1ncc[nH]1. The maximum Gasteiger partial charge on any atom is 0.323 e. The number of carbonyl (C=O) groups excluding carboxylic acids is 1. The van der Waals surface area contributed by atoms with Crippen LogP contribution in [0.2, 0.25) is 0 Å². The molecule has 1 aromatic heterocycles. The molecule has 0 aromatic carbocycles. The Kier molecular flexibility index (Phi) is 4.84. The number of aryl methyl sites for hydroxylation is 1. The average molecular weight is 226 g/mol. The van der Waals surface area contributed by atoms with Crippen molar-refractivity contribution in [3.63, 3.8) is 0 Å². The van der Waals surface area contributed by atoms with Crippen molar-refractivity contribution in [1.82, 2.24) is 20.6 Å². The molecule has 1 heterocycles. The van der Waals surface area contributed by atoms with Crippen molar-refractivity contribution < 1.29 is 14.7 Å². The number of amides is 2. The monoisotopic (exact) mass is 226 g/mol. The lowest BCUT2D eigenvalue weighted by Crippen LogP contribution is -2.38. The molecule has 0 spiro atoms. The zero-order valence-electron chi connectivity index (χ0n) is 8.69. The molecule has 1 rings (SSSR count). The summed E-state index contributed by atoms with van der Waals surface area (Å²) in [6, 6.07) is -0.471. The van der Waals surface area contributed by atoms with E-state index in [1.807, 2.05) is 0 Å². The zero-order valence-corrected chi connectivity index (χ0v) is 8.69. The van der Waals surface area contributed by atoms with Gasteiger partial charge in [-0.3, -0.25) is 4.79 Å². The summed E-state index contributed by atoms with van der Waals surface area (Å²) in [6.45, 7) is 0.107. The van der Waals surface area contributed by atoms with E-state index in [1.54, 1.807) is 12.4 Å². The normalized spacial score (nSPS) is 9.75. The van der Waals surface area contributed by atoms with Gasteiger partial charge in [0.1, 0.15) is 12.4 Å². The summed E-state index contributed by atoms with van der Waals surface area (Å²) in [5, 5.41) is 13.1. The maximum atomic E-state index is 11.0. The number of nitrogens with one attached hydrogen (secondary N) is 3. The quantitative estimate of drug-likeness (QED) is 0.500. The van der Waals surface area contributed by atoms with Gasteiger partial charge in [0.2, 0.25) is 0 Å². The highest BCUT2D eigenvalue weighted by Gasteiger charge is 2.02. The van der Waals surface area contributed by atoms with Crippen molar-refractivity contribution in [2.45, 2.75) is 12.8 Å². The van der Waals surface area contributed by atoms with Crippen LogP contribution in [-0.2, 0) is 11.2 Å². The topological polar surface area (TPSA) is 107 Å². The maximum absolute atomic E-state index is 11.0. The van der Waals surface area contributed by atoms with Crippen LogP contribution < -0.4 is 10.6 Å². The first-order valence-corrected chi connectivity index (χ1v) is 4.90. The summed E-state index contributed by atoms with van der Waals surface area (Å²) < 4.78 is 0. The van der Waals surface area contributed by atoms with E-state index in [-0.39, 0.29) is 6.54 Å². The Labute approximate surface area is 92.3 Å². The fraction of sp³-hybridized carbons (Fsp3) is 0.444. The van der Waals surface area contributed by atoms with Crippen LogP contribution in [0.15, 0.2) is 12.4 Å². The smallest absolute Gasteiger partial charge is 0.323 e. The Bertz CT molecular complexity index is 337. The van der Waals surface area contributed by atoms with E-state index in [2.05, 4.69) is 20.6 Å². The number of carbonyl (C=O) groups is 2. The van der Waals surface area contributed by atoms with Crippen molar-refractivity contribution in [2.24, 2.45) is 0 Å². The van der Waals surface area contributed by atoms with Crippen molar-refractivity contribution in [1.29, 1.82) is 0 Å². The molecule has 0 aliphatic carbocycles. The highest BCUT2D eigenvalue weighted by atomic mass is 16.4. The fourth-order valence-electron chi connectivity index (χ4n) is 1.11. The van der Waals surface area contributed by atoms with E-state index in [1.165, 1.54) is 0 Å². The Hall–Kier alpha value is -2.05. The minimum absolute atomic E-state index is 0.371. The second-order valence-electron chi connectivity index (χ2n) is 3.14. The summed E-state index contributed by atoms with van der Waals surface area (Å²) in [5.41, 5.74) is 0. The van der Waals surface area contributed by atoms with Crippen LogP contribution in [0, 0.1) is 0 Å². The number of hydrogen-bond donors (Lipinski definition) is 4. The number of urea groups is 1. The van der Waals surface area contributed by atoms with E-state index in [0.29, 0.717) is 6.54 Å². The number of H-pyrrole nitrogens is 1. The van der Waals surface area contributed by atoms with E-state index < -0.39 is 12.0 Å². The molecule has 0 saturated carbocycles. The number of carboxylic acids is 1. The molecule has 7 heteroatoms. The largest absolute Gasteiger partial charge is 0.480 e.